The Morgan fingerprint density at radius 3 is 3.05 bits per heavy atom. The Hall–Kier alpha value is -0.810. The van der Waals surface area contributed by atoms with E-state index in [9.17, 15) is 5.11 Å². The van der Waals surface area contributed by atoms with E-state index >= 15 is 0 Å². The Balaban J connectivity index is 2.07. The molecule has 0 saturated carbocycles. The van der Waals surface area contributed by atoms with E-state index < -0.39 is 0 Å². The molecule has 1 unspecified atom stereocenters. The van der Waals surface area contributed by atoms with Gasteiger partial charge in [-0.25, -0.2) is 0 Å². The molecule has 2 N–H and O–H groups in total. The summed E-state index contributed by atoms with van der Waals surface area (Å²) in [7, 11) is 1.69. The predicted molar refractivity (Wildman–Crippen MR) is 77.9 cm³/mol. The highest BCUT2D eigenvalue weighted by atomic mass is 35.5. The van der Waals surface area contributed by atoms with Gasteiger partial charge in [0.25, 0.3) is 0 Å². The Bertz CT molecular complexity index is 414. The van der Waals surface area contributed by atoms with Crippen LogP contribution in [-0.2, 0) is 11.3 Å². The summed E-state index contributed by atoms with van der Waals surface area (Å²) in [6.07, 6.45) is 0.562. The number of ether oxygens (including phenoxy) is 1. The Morgan fingerprint density at radius 1 is 1.53 bits per heavy atom. The number of halogens is 1. The Kier molecular flexibility index (Phi) is 5.45. The first-order valence-corrected chi connectivity index (χ1v) is 7.00. The smallest absolute Gasteiger partial charge is 0.0731 e. The first kappa shape index (κ1) is 14.6. The summed E-state index contributed by atoms with van der Waals surface area (Å²) in [6, 6.07) is 5.94. The second-order valence-corrected chi connectivity index (χ2v) is 5.21. The predicted octanol–water partition coefficient (Wildman–Crippen LogP) is 1.65. The highest BCUT2D eigenvalue weighted by Gasteiger charge is 2.23. The second-order valence-electron chi connectivity index (χ2n) is 4.81. The van der Waals surface area contributed by atoms with Crippen molar-refractivity contribution in [2.45, 2.75) is 19.1 Å². The lowest BCUT2D eigenvalue weighted by atomic mass is 10.1. The van der Waals surface area contributed by atoms with Crippen molar-refractivity contribution in [2.24, 2.45) is 0 Å². The number of hydrogen-bond acceptors (Lipinski definition) is 4. The van der Waals surface area contributed by atoms with Crippen LogP contribution in [0.25, 0.3) is 0 Å². The van der Waals surface area contributed by atoms with Gasteiger partial charge in [-0.2, -0.15) is 0 Å². The van der Waals surface area contributed by atoms with Crippen LogP contribution >= 0.6 is 11.6 Å². The van der Waals surface area contributed by atoms with Crippen LogP contribution in [0.1, 0.15) is 12.0 Å². The minimum atomic E-state index is -0.245. The van der Waals surface area contributed by atoms with Crippen LogP contribution in [-0.4, -0.2) is 44.6 Å². The van der Waals surface area contributed by atoms with E-state index in [1.807, 2.05) is 12.1 Å². The molecule has 1 aromatic rings. The number of para-hydroxylation sites is 1. The third-order valence-electron chi connectivity index (χ3n) is 3.35. The molecule has 0 amide bonds. The van der Waals surface area contributed by atoms with Gasteiger partial charge in [-0.05, 0) is 18.1 Å². The van der Waals surface area contributed by atoms with Gasteiger partial charge >= 0.3 is 0 Å². The fourth-order valence-electron chi connectivity index (χ4n) is 2.40. The number of rotatable bonds is 6. The molecule has 0 aliphatic carbocycles. The van der Waals surface area contributed by atoms with Gasteiger partial charge in [0.1, 0.15) is 0 Å². The first-order valence-electron chi connectivity index (χ1n) is 6.62. The van der Waals surface area contributed by atoms with Crippen LogP contribution in [0.4, 0.5) is 5.69 Å². The van der Waals surface area contributed by atoms with Crippen LogP contribution in [0.5, 0.6) is 0 Å². The molecule has 0 spiro atoms. The summed E-state index contributed by atoms with van der Waals surface area (Å²) < 4.78 is 5.02. The largest absolute Gasteiger partial charge is 0.391 e. The highest BCUT2D eigenvalue weighted by Crippen LogP contribution is 2.32. The SMILES string of the molecule is COCCNCc1cccc(Cl)c1N1CCC(O)C1. The van der Waals surface area contributed by atoms with Crippen molar-refractivity contribution in [3.63, 3.8) is 0 Å². The molecule has 4 nitrogen and oxygen atoms in total. The van der Waals surface area contributed by atoms with Crippen LogP contribution in [0.3, 0.4) is 0 Å². The topological polar surface area (TPSA) is 44.7 Å². The second kappa shape index (κ2) is 7.10. The van der Waals surface area contributed by atoms with Crippen LogP contribution in [0.15, 0.2) is 18.2 Å². The van der Waals surface area contributed by atoms with Crippen LogP contribution in [0.2, 0.25) is 5.02 Å². The number of aliphatic hydroxyl groups excluding tert-OH is 1. The molecule has 2 rings (SSSR count). The van der Waals surface area contributed by atoms with E-state index in [0.29, 0.717) is 13.2 Å². The van der Waals surface area contributed by atoms with Crippen molar-refractivity contribution in [1.82, 2.24) is 5.32 Å². The maximum absolute atomic E-state index is 9.67. The lowest BCUT2D eigenvalue weighted by Gasteiger charge is -2.23. The van der Waals surface area contributed by atoms with Gasteiger partial charge in [0.05, 0.1) is 23.4 Å². The number of benzene rings is 1. The average Bonchev–Trinajstić information content (AvgIpc) is 2.81. The van der Waals surface area contributed by atoms with Gasteiger partial charge in [0.15, 0.2) is 0 Å². The third kappa shape index (κ3) is 3.83. The van der Waals surface area contributed by atoms with Crippen molar-refractivity contribution in [2.75, 3.05) is 38.3 Å². The van der Waals surface area contributed by atoms with Gasteiger partial charge in [-0.1, -0.05) is 23.7 Å². The fraction of sp³-hybridized carbons (Fsp3) is 0.571. The van der Waals surface area contributed by atoms with Crippen molar-refractivity contribution < 1.29 is 9.84 Å². The number of β-amino-alcohol motifs (C(OH)–C–C–N with tert-alkyl or cyclic N) is 1. The normalized spacial score (nSPS) is 19.1. The standard InChI is InChI=1S/C14H21ClN2O2/c1-19-8-6-16-9-11-3-2-4-13(15)14(11)17-7-5-12(18)10-17/h2-4,12,16,18H,5-10H2,1H3. The summed E-state index contributed by atoms with van der Waals surface area (Å²) in [4.78, 5) is 2.17. The van der Waals surface area contributed by atoms with E-state index in [1.165, 1.54) is 0 Å². The Morgan fingerprint density at radius 2 is 2.37 bits per heavy atom. The van der Waals surface area contributed by atoms with E-state index in [2.05, 4.69) is 16.3 Å². The molecule has 106 valence electrons. The molecule has 0 radical (unpaired) electrons. The third-order valence-corrected chi connectivity index (χ3v) is 3.65. The summed E-state index contributed by atoms with van der Waals surface area (Å²) in [6.45, 7) is 3.78. The molecule has 1 aliphatic heterocycles. The van der Waals surface area contributed by atoms with Gasteiger partial charge in [0, 0.05) is 33.3 Å². The van der Waals surface area contributed by atoms with Crippen LogP contribution in [0, 0.1) is 0 Å². The zero-order valence-electron chi connectivity index (χ0n) is 11.2. The molecule has 1 fully saturated rings. The van der Waals surface area contributed by atoms with E-state index in [0.717, 1.165) is 42.3 Å². The molecular weight excluding hydrogens is 264 g/mol. The lowest BCUT2D eigenvalue weighted by molar-refractivity contribution is 0.198. The summed E-state index contributed by atoms with van der Waals surface area (Å²) >= 11 is 6.32. The number of hydrogen-bond donors (Lipinski definition) is 2. The van der Waals surface area contributed by atoms with Crippen molar-refractivity contribution in [1.29, 1.82) is 0 Å². The van der Waals surface area contributed by atoms with Crippen molar-refractivity contribution >= 4 is 17.3 Å². The first-order chi connectivity index (χ1) is 9.22. The van der Waals surface area contributed by atoms with Gasteiger partial charge < -0.3 is 20.1 Å². The summed E-state index contributed by atoms with van der Waals surface area (Å²) in [5.41, 5.74) is 2.21. The van der Waals surface area contributed by atoms with Gasteiger partial charge in [-0.15, -0.1) is 0 Å². The molecule has 1 saturated heterocycles. The van der Waals surface area contributed by atoms with Crippen molar-refractivity contribution in [3.8, 4) is 0 Å². The van der Waals surface area contributed by atoms with Crippen LogP contribution < -0.4 is 10.2 Å². The molecule has 0 bridgehead atoms. The quantitative estimate of drug-likeness (QED) is 0.780. The summed E-state index contributed by atoms with van der Waals surface area (Å²) in [5, 5.41) is 13.8. The number of nitrogens with zero attached hydrogens (tertiary/aromatic N) is 1. The summed E-state index contributed by atoms with van der Waals surface area (Å²) in [5.74, 6) is 0. The minimum absolute atomic E-state index is 0.245. The maximum Gasteiger partial charge on any atom is 0.0731 e. The zero-order valence-corrected chi connectivity index (χ0v) is 12.0. The molecule has 1 atom stereocenters. The minimum Gasteiger partial charge on any atom is -0.391 e. The molecule has 19 heavy (non-hydrogen) atoms. The molecule has 1 heterocycles. The van der Waals surface area contributed by atoms with E-state index in [1.54, 1.807) is 7.11 Å². The monoisotopic (exact) mass is 284 g/mol. The Labute approximate surface area is 119 Å². The average molecular weight is 285 g/mol. The van der Waals surface area contributed by atoms with E-state index in [4.69, 9.17) is 16.3 Å². The molecular formula is C14H21ClN2O2. The molecule has 0 aromatic heterocycles. The number of aliphatic hydroxyl groups is 1. The zero-order chi connectivity index (χ0) is 13.7. The van der Waals surface area contributed by atoms with Gasteiger partial charge in [0.2, 0.25) is 0 Å². The van der Waals surface area contributed by atoms with E-state index in [-0.39, 0.29) is 6.10 Å². The maximum atomic E-state index is 9.67. The molecule has 5 heteroatoms. The molecule has 1 aromatic carbocycles. The number of methoxy groups -OCH3 is 1. The lowest BCUT2D eigenvalue weighted by Crippen LogP contribution is -2.25. The number of anilines is 1. The van der Waals surface area contributed by atoms with Gasteiger partial charge in [-0.3, -0.25) is 0 Å². The van der Waals surface area contributed by atoms with Crippen molar-refractivity contribution in [3.05, 3.63) is 28.8 Å². The molecule has 1 aliphatic rings. The fourth-order valence-corrected chi connectivity index (χ4v) is 2.71. The highest BCUT2D eigenvalue weighted by molar-refractivity contribution is 6.33. The number of nitrogens with one attached hydrogen (secondary N) is 1.